The molecule has 0 unspecified atom stereocenters. The van der Waals surface area contributed by atoms with Gasteiger partial charge in [0.1, 0.15) is 6.04 Å². The maximum absolute atomic E-state index is 12.2. The van der Waals surface area contributed by atoms with Crippen molar-refractivity contribution in [3.05, 3.63) is 30.1 Å². The Labute approximate surface area is 126 Å². The third kappa shape index (κ3) is 6.38. The molecule has 1 atom stereocenters. The highest BCUT2D eigenvalue weighted by Crippen LogP contribution is 2.05. The number of hydrogen-bond acceptors (Lipinski definition) is 3. The van der Waals surface area contributed by atoms with E-state index in [-0.39, 0.29) is 23.7 Å². The highest BCUT2D eigenvalue weighted by atomic mass is 16.2. The molecular formula is C16H25N3O2. The minimum atomic E-state index is -0.507. The maximum Gasteiger partial charge on any atom is 0.243 e. The largest absolute Gasteiger partial charge is 0.350 e. The molecule has 1 aromatic rings. The molecule has 0 saturated heterocycles. The summed E-state index contributed by atoms with van der Waals surface area (Å²) in [5.41, 5.74) is 0.932. The lowest BCUT2D eigenvalue weighted by molar-refractivity contribution is -0.130. The van der Waals surface area contributed by atoms with Gasteiger partial charge < -0.3 is 10.6 Å². The van der Waals surface area contributed by atoms with Gasteiger partial charge in [0.2, 0.25) is 11.8 Å². The predicted octanol–water partition coefficient (Wildman–Crippen LogP) is 1.88. The Morgan fingerprint density at radius 2 is 1.95 bits per heavy atom. The maximum atomic E-state index is 12.2. The van der Waals surface area contributed by atoms with Gasteiger partial charge in [0.25, 0.3) is 0 Å². The van der Waals surface area contributed by atoms with Crippen LogP contribution < -0.4 is 10.6 Å². The van der Waals surface area contributed by atoms with Gasteiger partial charge in [-0.2, -0.15) is 0 Å². The molecule has 0 fully saturated rings. The summed E-state index contributed by atoms with van der Waals surface area (Å²) in [6.07, 6.45) is 3.83. The Hall–Kier alpha value is -1.91. The Morgan fingerprint density at radius 1 is 1.24 bits per heavy atom. The fraction of sp³-hybridized carbons (Fsp3) is 0.562. The van der Waals surface area contributed by atoms with Gasteiger partial charge in [0, 0.05) is 25.4 Å². The molecule has 1 rings (SSSR count). The summed E-state index contributed by atoms with van der Waals surface area (Å²) in [5, 5.41) is 5.66. The molecule has 0 aliphatic rings. The van der Waals surface area contributed by atoms with Crippen molar-refractivity contribution in [3.63, 3.8) is 0 Å². The SMILES string of the molecule is CC(C)CC(=O)N[C@@H](C(=O)NCc1cccnc1)C(C)C. The van der Waals surface area contributed by atoms with Gasteiger partial charge in [-0.25, -0.2) is 0 Å². The predicted molar refractivity (Wildman–Crippen MR) is 82.3 cm³/mol. The van der Waals surface area contributed by atoms with Crippen LogP contribution in [0.25, 0.3) is 0 Å². The molecule has 0 spiro atoms. The van der Waals surface area contributed by atoms with Crippen molar-refractivity contribution in [3.8, 4) is 0 Å². The molecule has 116 valence electrons. The monoisotopic (exact) mass is 291 g/mol. The summed E-state index contributed by atoms with van der Waals surface area (Å²) in [7, 11) is 0. The van der Waals surface area contributed by atoms with E-state index in [1.54, 1.807) is 12.4 Å². The van der Waals surface area contributed by atoms with E-state index < -0.39 is 6.04 Å². The quantitative estimate of drug-likeness (QED) is 0.806. The lowest BCUT2D eigenvalue weighted by Gasteiger charge is -2.22. The smallest absolute Gasteiger partial charge is 0.243 e. The highest BCUT2D eigenvalue weighted by Gasteiger charge is 2.24. The van der Waals surface area contributed by atoms with Crippen LogP contribution in [0.3, 0.4) is 0 Å². The number of pyridine rings is 1. The van der Waals surface area contributed by atoms with Gasteiger partial charge >= 0.3 is 0 Å². The van der Waals surface area contributed by atoms with Crippen LogP contribution in [-0.4, -0.2) is 22.8 Å². The van der Waals surface area contributed by atoms with Crippen LogP contribution in [0.1, 0.15) is 39.7 Å². The van der Waals surface area contributed by atoms with Crippen molar-refractivity contribution in [2.45, 2.75) is 46.7 Å². The van der Waals surface area contributed by atoms with Gasteiger partial charge in [-0.3, -0.25) is 14.6 Å². The summed E-state index contributed by atoms with van der Waals surface area (Å²) in [6, 6.07) is 3.22. The van der Waals surface area contributed by atoms with Crippen LogP contribution in [0.4, 0.5) is 0 Å². The first kappa shape index (κ1) is 17.1. The van der Waals surface area contributed by atoms with E-state index in [4.69, 9.17) is 0 Å². The summed E-state index contributed by atoms with van der Waals surface area (Å²) < 4.78 is 0. The Bertz CT molecular complexity index is 458. The molecule has 2 amide bonds. The van der Waals surface area contributed by atoms with Gasteiger partial charge in [0.15, 0.2) is 0 Å². The zero-order chi connectivity index (χ0) is 15.8. The zero-order valence-electron chi connectivity index (χ0n) is 13.2. The van der Waals surface area contributed by atoms with Gasteiger partial charge in [-0.15, -0.1) is 0 Å². The number of hydrogen-bond donors (Lipinski definition) is 2. The molecule has 1 heterocycles. The van der Waals surface area contributed by atoms with Gasteiger partial charge in [0.05, 0.1) is 0 Å². The topological polar surface area (TPSA) is 71.1 Å². The van der Waals surface area contributed by atoms with E-state index in [0.29, 0.717) is 13.0 Å². The molecule has 0 aliphatic heterocycles. The molecule has 5 nitrogen and oxygen atoms in total. The van der Waals surface area contributed by atoms with Crippen LogP contribution >= 0.6 is 0 Å². The number of amides is 2. The minimum absolute atomic E-state index is 0.0370. The van der Waals surface area contributed by atoms with Crippen LogP contribution in [0.5, 0.6) is 0 Å². The van der Waals surface area contributed by atoms with Crippen molar-refractivity contribution in [1.82, 2.24) is 15.6 Å². The van der Waals surface area contributed by atoms with Crippen LogP contribution in [0.2, 0.25) is 0 Å². The molecule has 1 aromatic heterocycles. The third-order valence-corrected chi connectivity index (χ3v) is 3.05. The molecule has 0 saturated carbocycles. The molecule has 0 bridgehead atoms. The molecule has 5 heteroatoms. The van der Waals surface area contributed by atoms with E-state index in [1.807, 2.05) is 39.8 Å². The molecule has 0 radical (unpaired) electrons. The summed E-state index contributed by atoms with van der Waals surface area (Å²) in [6.45, 7) is 8.21. The lowest BCUT2D eigenvalue weighted by Crippen LogP contribution is -2.49. The van der Waals surface area contributed by atoms with Gasteiger partial charge in [-0.1, -0.05) is 33.8 Å². The Kier molecular flexibility index (Phi) is 6.85. The first-order valence-corrected chi connectivity index (χ1v) is 7.36. The third-order valence-electron chi connectivity index (χ3n) is 3.05. The van der Waals surface area contributed by atoms with Crippen LogP contribution in [0, 0.1) is 11.8 Å². The number of nitrogens with one attached hydrogen (secondary N) is 2. The summed E-state index contributed by atoms with van der Waals surface area (Å²) in [5.74, 6) is 0.0671. The Balaban J connectivity index is 2.55. The van der Waals surface area contributed by atoms with Crippen molar-refractivity contribution in [2.75, 3.05) is 0 Å². The second-order valence-corrected chi connectivity index (χ2v) is 5.97. The summed E-state index contributed by atoms with van der Waals surface area (Å²) in [4.78, 5) is 28.1. The van der Waals surface area contributed by atoms with Crippen molar-refractivity contribution >= 4 is 11.8 Å². The molecule has 21 heavy (non-hydrogen) atoms. The van der Waals surface area contributed by atoms with Crippen LogP contribution in [0.15, 0.2) is 24.5 Å². The number of nitrogens with zero attached hydrogens (tertiary/aromatic N) is 1. The average Bonchev–Trinajstić information content (AvgIpc) is 2.42. The fourth-order valence-electron chi connectivity index (χ4n) is 1.94. The number of aromatic nitrogens is 1. The highest BCUT2D eigenvalue weighted by molar-refractivity contribution is 5.87. The van der Waals surface area contributed by atoms with E-state index in [0.717, 1.165) is 5.56 Å². The Morgan fingerprint density at radius 3 is 2.48 bits per heavy atom. The van der Waals surface area contributed by atoms with E-state index in [1.165, 1.54) is 0 Å². The van der Waals surface area contributed by atoms with Crippen molar-refractivity contribution < 1.29 is 9.59 Å². The zero-order valence-corrected chi connectivity index (χ0v) is 13.2. The van der Waals surface area contributed by atoms with E-state index in [2.05, 4.69) is 15.6 Å². The molecule has 2 N–H and O–H groups in total. The van der Waals surface area contributed by atoms with Crippen LogP contribution in [-0.2, 0) is 16.1 Å². The number of carbonyl (C=O) groups excluding carboxylic acids is 2. The first-order chi connectivity index (χ1) is 9.90. The number of carbonyl (C=O) groups is 2. The van der Waals surface area contributed by atoms with Crippen molar-refractivity contribution in [2.24, 2.45) is 11.8 Å². The standard InChI is InChI=1S/C16H25N3O2/c1-11(2)8-14(20)19-15(12(3)4)16(21)18-10-13-6-5-7-17-9-13/h5-7,9,11-12,15H,8,10H2,1-4H3,(H,18,21)(H,19,20)/t15-/m1/s1. The van der Waals surface area contributed by atoms with E-state index in [9.17, 15) is 9.59 Å². The molecular weight excluding hydrogens is 266 g/mol. The minimum Gasteiger partial charge on any atom is -0.350 e. The average molecular weight is 291 g/mol. The first-order valence-electron chi connectivity index (χ1n) is 7.36. The number of rotatable bonds is 7. The normalized spacial score (nSPS) is 12.3. The second-order valence-electron chi connectivity index (χ2n) is 5.97. The summed E-state index contributed by atoms with van der Waals surface area (Å²) >= 11 is 0. The van der Waals surface area contributed by atoms with E-state index >= 15 is 0 Å². The fourth-order valence-corrected chi connectivity index (χ4v) is 1.94. The second kappa shape index (κ2) is 8.39. The molecule has 0 aliphatic carbocycles. The van der Waals surface area contributed by atoms with Crippen molar-refractivity contribution in [1.29, 1.82) is 0 Å². The van der Waals surface area contributed by atoms with Gasteiger partial charge in [-0.05, 0) is 23.5 Å². The molecule has 0 aromatic carbocycles. The lowest BCUT2D eigenvalue weighted by atomic mass is 10.0.